The molecule has 0 rings (SSSR count). The molecule has 0 saturated carbocycles. The second-order valence-corrected chi connectivity index (χ2v) is 1.29. The average molecular weight is 116 g/mol. The Morgan fingerprint density at radius 1 is 1.14 bits per heavy atom. The lowest BCUT2D eigenvalue weighted by atomic mass is 10.5. The number of halogens is 1. The minimum absolute atomic E-state index is 1.47. The Balaban J connectivity index is 3.09. The lowest BCUT2D eigenvalue weighted by molar-refractivity contribution is 1.73. The Kier molecular flexibility index (Phi) is 5.58. The van der Waals surface area contributed by atoms with E-state index in [1.807, 2.05) is 25.2 Å². The van der Waals surface area contributed by atoms with Gasteiger partial charge in [-0.25, -0.2) is 0 Å². The summed E-state index contributed by atoms with van der Waals surface area (Å²) in [6, 6.07) is 0. The molecular formula is C6H8Cl. The summed E-state index contributed by atoms with van der Waals surface area (Å²) in [7, 11) is 0. The summed E-state index contributed by atoms with van der Waals surface area (Å²) in [5.41, 5.74) is 0. The summed E-state index contributed by atoms with van der Waals surface area (Å²) in [4.78, 5) is 0. The second-order valence-electron chi connectivity index (χ2n) is 1.04. The molecular weight excluding hydrogens is 108 g/mol. The highest BCUT2D eigenvalue weighted by atomic mass is 35.5. The molecule has 0 aromatic carbocycles. The van der Waals surface area contributed by atoms with Gasteiger partial charge in [0.2, 0.25) is 0 Å². The van der Waals surface area contributed by atoms with Crippen LogP contribution in [0.3, 0.4) is 0 Å². The van der Waals surface area contributed by atoms with Crippen LogP contribution in [0.25, 0.3) is 0 Å². The average Bonchev–Trinajstić information content (AvgIpc) is 1.69. The molecule has 0 aliphatic heterocycles. The molecule has 0 N–H and O–H groups in total. The number of hydrogen-bond donors (Lipinski definition) is 0. The van der Waals surface area contributed by atoms with Crippen molar-refractivity contribution in [3.63, 3.8) is 0 Å². The van der Waals surface area contributed by atoms with Gasteiger partial charge in [-0.2, -0.15) is 0 Å². The van der Waals surface area contributed by atoms with Crippen molar-refractivity contribution in [3.05, 3.63) is 30.2 Å². The highest BCUT2D eigenvalue weighted by Crippen LogP contribution is 1.85. The molecule has 0 saturated heterocycles. The van der Waals surface area contributed by atoms with Gasteiger partial charge in [0.1, 0.15) is 0 Å². The molecule has 0 aliphatic carbocycles. The van der Waals surface area contributed by atoms with Crippen molar-refractivity contribution in [3.8, 4) is 0 Å². The van der Waals surface area contributed by atoms with Gasteiger partial charge >= 0.3 is 0 Å². The van der Waals surface area contributed by atoms with Crippen LogP contribution in [-0.2, 0) is 0 Å². The standard InChI is InChI=1S/C6H8Cl/c1-2-3-4-5-6-7/h2-6H,1H3. The molecule has 39 valence electrons. The highest BCUT2D eigenvalue weighted by molar-refractivity contribution is 6.24. The van der Waals surface area contributed by atoms with Gasteiger partial charge in [-0.1, -0.05) is 24.3 Å². The molecule has 0 heterocycles. The Morgan fingerprint density at radius 3 is 2.29 bits per heavy atom. The summed E-state index contributed by atoms with van der Waals surface area (Å²) in [6.45, 7) is 1.96. The molecule has 0 amide bonds. The molecule has 0 aromatic heterocycles. The topological polar surface area (TPSA) is 0 Å². The molecule has 0 fully saturated rings. The summed E-state index contributed by atoms with van der Waals surface area (Å²) < 4.78 is 0. The first-order valence-corrected chi connectivity index (χ1v) is 2.57. The highest BCUT2D eigenvalue weighted by Gasteiger charge is 1.60. The first-order chi connectivity index (χ1) is 3.41. The molecule has 0 nitrogen and oxygen atoms in total. The molecule has 7 heavy (non-hydrogen) atoms. The van der Waals surface area contributed by atoms with Crippen LogP contribution in [0.4, 0.5) is 0 Å². The van der Waals surface area contributed by atoms with Crippen LogP contribution < -0.4 is 0 Å². The van der Waals surface area contributed by atoms with Crippen LogP contribution >= 0.6 is 11.6 Å². The number of allylic oxidation sites excluding steroid dienone is 4. The lowest BCUT2D eigenvalue weighted by Gasteiger charge is -1.68. The maximum Gasteiger partial charge on any atom is 0.0718 e. The van der Waals surface area contributed by atoms with Gasteiger partial charge in [0.25, 0.3) is 0 Å². The Morgan fingerprint density at radius 2 is 1.86 bits per heavy atom. The van der Waals surface area contributed by atoms with Crippen molar-refractivity contribution in [2.24, 2.45) is 0 Å². The fourth-order valence-electron chi connectivity index (χ4n) is 0.217. The van der Waals surface area contributed by atoms with Gasteiger partial charge in [0.05, 0.1) is 5.88 Å². The maximum absolute atomic E-state index is 5.19. The molecule has 0 aromatic rings. The van der Waals surface area contributed by atoms with Gasteiger partial charge in [0, 0.05) is 0 Å². The summed E-state index contributed by atoms with van der Waals surface area (Å²) in [5, 5.41) is 0. The van der Waals surface area contributed by atoms with Crippen molar-refractivity contribution in [1.82, 2.24) is 0 Å². The van der Waals surface area contributed by atoms with Crippen LogP contribution in [0.5, 0.6) is 0 Å². The van der Waals surface area contributed by atoms with E-state index in [2.05, 4.69) is 0 Å². The van der Waals surface area contributed by atoms with E-state index in [0.717, 1.165) is 0 Å². The molecule has 0 unspecified atom stereocenters. The van der Waals surface area contributed by atoms with Crippen LogP contribution in [0.2, 0.25) is 0 Å². The first-order valence-electron chi connectivity index (χ1n) is 2.13. The molecule has 0 bridgehead atoms. The second kappa shape index (κ2) is 5.77. The van der Waals surface area contributed by atoms with E-state index in [1.165, 1.54) is 5.88 Å². The van der Waals surface area contributed by atoms with Crippen LogP contribution in [-0.4, -0.2) is 0 Å². The zero-order chi connectivity index (χ0) is 5.54. The minimum Gasteiger partial charge on any atom is -0.116 e. The monoisotopic (exact) mass is 115 g/mol. The van der Waals surface area contributed by atoms with E-state index in [-0.39, 0.29) is 0 Å². The zero-order valence-electron chi connectivity index (χ0n) is 4.26. The minimum atomic E-state index is 1.47. The van der Waals surface area contributed by atoms with Crippen molar-refractivity contribution in [1.29, 1.82) is 0 Å². The largest absolute Gasteiger partial charge is 0.116 e. The summed E-state index contributed by atoms with van der Waals surface area (Å²) in [6.07, 6.45) is 7.49. The lowest BCUT2D eigenvalue weighted by Crippen LogP contribution is -1.46. The summed E-state index contributed by atoms with van der Waals surface area (Å²) >= 11 is 5.19. The van der Waals surface area contributed by atoms with Crippen LogP contribution in [0.15, 0.2) is 24.3 Å². The van der Waals surface area contributed by atoms with Crippen molar-refractivity contribution >= 4 is 11.6 Å². The third kappa shape index (κ3) is 5.77. The molecule has 1 radical (unpaired) electrons. The molecule has 1 heteroatoms. The van der Waals surface area contributed by atoms with Gasteiger partial charge in [-0.15, -0.1) is 11.6 Å². The van der Waals surface area contributed by atoms with E-state index in [0.29, 0.717) is 0 Å². The smallest absolute Gasteiger partial charge is 0.0718 e. The normalized spacial score (nSPS) is 11.7. The third-order valence-corrected chi connectivity index (χ3v) is 0.633. The van der Waals surface area contributed by atoms with E-state index in [1.54, 1.807) is 6.08 Å². The molecule has 0 atom stereocenters. The third-order valence-electron chi connectivity index (χ3n) is 0.487. The zero-order valence-corrected chi connectivity index (χ0v) is 5.02. The SMILES string of the molecule is CC=CC=C[CH]Cl. The van der Waals surface area contributed by atoms with Gasteiger partial charge in [-0.05, 0) is 6.92 Å². The quantitative estimate of drug-likeness (QED) is 0.485. The van der Waals surface area contributed by atoms with E-state index in [9.17, 15) is 0 Å². The van der Waals surface area contributed by atoms with E-state index >= 15 is 0 Å². The summed E-state index contributed by atoms with van der Waals surface area (Å²) in [5.74, 6) is 1.47. The fraction of sp³-hybridized carbons (Fsp3) is 0.167. The van der Waals surface area contributed by atoms with E-state index in [4.69, 9.17) is 11.6 Å². The maximum atomic E-state index is 5.19. The number of rotatable bonds is 2. The van der Waals surface area contributed by atoms with Gasteiger partial charge < -0.3 is 0 Å². The van der Waals surface area contributed by atoms with E-state index < -0.39 is 0 Å². The molecule has 0 spiro atoms. The van der Waals surface area contributed by atoms with Crippen LogP contribution in [0, 0.1) is 5.88 Å². The van der Waals surface area contributed by atoms with Crippen molar-refractivity contribution in [2.75, 3.05) is 0 Å². The Bertz CT molecular complexity index is 72.2. The van der Waals surface area contributed by atoms with Crippen molar-refractivity contribution < 1.29 is 0 Å². The first kappa shape index (κ1) is 6.77. The predicted octanol–water partition coefficient (Wildman–Crippen LogP) is 2.52. The predicted molar refractivity (Wildman–Crippen MR) is 34.1 cm³/mol. The fourth-order valence-corrected chi connectivity index (χ4v) is 0.301. The van der Waals surface area contributed by atoms with Gasteiger partial charge in [-0.3, -0.25) is 0 Å². The van der Waals surface area contributed by atoms with Crippen molar-refractivity contribution in [2.45, 2.75) is 6.92 Å². The Hall–Kier alpha value is -0.230. The van der Waals surface area contributed by atoms with Crippen LogP contribution in [0.1, 0.15) is 6.92 Å². The van der Waals surface area contributed by atoms with Gasteiger partial charge in [0.15, 0.2) is 0 Å². The molecule has 0 aliphatic rings. The number of hydrogen-bond acceptors (Lipinski definition) is 0. The Labute approximate surface area is 49.5 Å².